The molecule has 0 bridgehead atoms. The van der Waals surface area contributed by atoms with Gasteiger partial charge in [0.1, 0.15) is 11.5 Å². The van der Waals surface area contributed by atoms with E-state index >= 15 is 0 Å². The Bertz CT molecular complexity index is 801. The first-order valence-corrected chi connectivity index (χ1v) is 9.13. The van der Waals surface area contributed by atoms with Gasteiger partial charge in [0.2, 0.25) is 0 Å². The molecule has 3 rings (SSSR count). The molecule has 8 heteroatoms. The Hall–Kier alpha value is -2.61. The molecular formula is C18H20N2O5S. The van der Waals surface area contributed by atoms with Gasteiger partial charge in [-0.25, -0.2) is 4.98 Å². The van der Waals surface area contributed by atoms with Gasteiger partial charge in [-0.3, -0.25) is 14.9 Å². The molecule has 1 aromatic heterocycles. The summed E-state index contributed by atoms with van der Waals surface area (Å²) in [6.07, 6.45) is 2.74. The highest BCUT2D eigenvalue weighted by molar-refractivity contribution is 7.14. The van der Waals surface area contributed by atoms with E-state index in [0.29, 0.717) is 22.3 Å². The van der Waals surface area contributed by atoms with Crippen LogP contribution in [0.5, 0.6) is 11.5 Å². The lowest BCUT2D eigenvalue weighted by Gasteiger charge is -2.22. The molecule has 0 unspecified atom stereocenters. The minimum absolute atomic E-state index is 0.0465. The fourth-order valence-electron chi connectivity index (χ4n) is 2.52. The Balaban J connectivity index is 1.62. The number of methoxy groups -OCH3 is 2. The molecule has 138 valence electrons. The van der Waals surface area contributed by atoms with E-state index in [1.807, 2.05) is 11.4 Å². The number of ether oxygens (including phenoxy) is 3. The molecule has 0 aliphatic heterocycles. The quantitative estimate of drug-likeness (QED) is 0.747. The largest absolute Gasteiger partial charge is 0.497 e. The van der Waals surface area contributed by atoms with Crippen LogP contribution in [-0.4, -0.2) is 37.7 Å². The van der Waals surface area contributed by atoms with Gasteiger partial charge in [-0.2, -0.15) is 0 Å². The first-order valence-electron chi connectivity index (χ1n) is 8.25. The number of anilines is 1. The zero-order valence-electron chi connectivity index (χ0n) is 14.6. The number of nitrogens with zero attached hydrogens (tertiary/aromatic N) is 1. The maximum atomic E-state index is 11.9. The van der Waals surface area contributed by atoms with Crippen LogP contribution in [0.15, 0.2) is 23.6 Å². The number of amides is 1. The molecule has 1 N–H and O–H groups in total. The van der Waals surface area contributed by atoms with E-state index < -0.39 is 5.91 Å². The van der Waals surface area contributed by atoms with Crippen LogP contribution in [-0.2, 0) is 14.3 Å². The van der Waals surface area contributed by atoms with E-state index in [4.69, 9.17) is 14.2 Å². The Labute approximate surface area is 155 Å². The summed E-state index contributed by atoms with van der Waals surface area (Å²) in [5, 5.41) is 4.89. The van der Waals surface area contributed by atoms with Crippen LogP contribution >= 0.6 is 11.3 Å². The van der Waals surface area contributed by atoms with Crippen molar-refractivity contribution >= 4 is 28.3 Å². The molecule has 0 spiro atoms. The number of thiazole rings is 1. The van der Waals surface area contributed by atoms with Crippen LogP contribution < -0.4 is 14.8 Å². The Morgan fingerprint density at radius 2 is 2.08 bits per heavy atom. The number of carbonyl (C=O) groups excluding carboxylic acids is 2. The Morgan fingerprint density at radius 1 is 1.27 bits per heavy atom. The topological polar surface area (TPSA) is 86.8 Å². The van der Waals surface area contributed by atoms with E-state index in [1.54, 1.807) is 26.4 Å². The maximum absolute atomic E-state index is 11.9. The van der Waals surface area contributed by atoms with Crippen LogP contribution in [0.4, 0.5) is 5.13 Å². The summed E-state index contributed by atoms with van der Waals surface area (Å²) >= 11 is 1.28. The van der Waals surface area contributed by atoms with E-state index in [1.165, 1.54) is 11.3 Å². The predicted octanol–water partition coefficient (Wildman–Crippen LogP) is 3.11. The normalized spacial score (nSPS) is 13.6. The molecule has 7 nitrogen and oxygen atoms in total. The van der Waals surface area contributed by atoms with Gasteiger partial charge < -0.3 is 14.2 Å². The van der Waals surface area contributed by atoms with Crippen molar-refractivity contribution in [1.82, 2.24) is 4.98 Å². The molecule has 1 aromatic carbocycles. The van der Waals surface area contributed by atoms with Crippen LogP contribution in [0.2, 0.25) is 0 Å². The van der Waals surface area contributed by atoms with Crippen molar-refractivity contribution in [2.75, 3.05) is 26.1 Å². The molecule has 2 aromatic rings. The average Bonchev–Trinajstić information content (AvgIpc) is 3.06. The smallest absolute Gasteiger partial charge is 0.309 e. The van der Waals surface area contributed by atoms with Gasteiger partial charge in [-0.05, 0) is 31.0 Å². The highest BCUT2D eigenvalue weighted by atomic mass is 32.1. The van der Waals surface area contributed by atoms with Gasteiger partial charge in [-0.15, -0.1) is 11.3 Å². The second kappa shape index (κ2) is 8.18. The van der Waals surface area contributed by atoms with Crippen molar-refractivity contribution < 1.29 is 23.8 Å². The lowest BCUT2D eigenvalue weighted by Crippen LogP contribution is -2.28. The molecular weight excluding hydrogens is 356 g/mol. The third kappa shape index (κ3) is 4.13. The van der Waals surface area contributed by atoms with Gasteiger partial charge in [0, 0.05) is 10.9 Å². The number of esters is 1. The van der Waals surface area contributed by atoms with E-state index in [-0.39, 0.29) is 18.5 Å². The molecule has 0 radical (unpaired) electrons. The van der Waals surface area contributed by atoms with Crippen LogP contribution in [0, 0.1) is 5.92 Å². The number of benzene rings is 1. The second-order valence-corrected chi connectivity index (χ2v) is 6.75. The number of aromatic nitrogens is 1. The third-order valence-corrected chi connectivity index (χ3v) is 4.97. The van der Waals surface area contributed by atoms with Gasteiger partial charge >= 0.3 is 5.97 Å². The van der Waals surface area contributed by atoms with Crippen molar-refractivity contribution in [3.63, 3.8) is 0 Å². The van der Waals surface area contributed by atoms with Crippen LogP contribution in [0.25, 0.3) is 11.3 Å². The molecule has 1 saturated carbocycles. The van der Waals surface area contributed by atoms with Crippen molar-refractivity contribution in [3.05, 3.63) is 23.6 Å². The van der Waals surface area contributed by atoms with Crippen molar-refractivity contribution in [2.24, 2.45) is 5.92 Å². The van der Waals surface area contributed by atoms with Crippen LogP contribution in [0.1, 0.15) is 19.3 Å². The zero-order valence-corrected chi connectivity index (χ0v) is 15.4. The summed E-state index contributed by atoms with van der Waals surface area (Å²) < 4.78 is 15.6. The molecule has 0 saturated heterocycles. The maximum Gasteiger partial charge on any atom is 0.309 e. The van der Waals surface area contributed by atoms with E-state index in [0.717, 1.165) is 24.8 Å². The second-order valence-electron chi connectivity index (χ2n) is 5.89. The lowest BCUT2D eigenvalue weighted by atomic mass is 9.86. The van der Waals surface area contributed by atoms with Gasteiger partial charge in [0.25, 0.3) is 5.91 Å². The lowest BCUT2D eigenvalue weighted by molar-refractivity contribution is -0.154. The van der Waals surface area contributed by atoms with Gasteiger partial charge in [0.15, 0.2) is 11.7 Å². The highest BCUT2D eigenvalue weighted by Crippen LogP contribution is 2.35. The van der Waals surface area contributed by atoms with Crippen LogP contribution in [0.3, 0.4) is 0 Å². The molecule has 1 aliphatic carbocycles. The van der Waals surface area contributed by atoms with Gasteiger partial charge in [0.05, 0.1) is 25.8 Å². The summed E-state index contributed by atoms with van der Waals surface area (Å²) in [5.41, 5.74) is 1.42. The molecule has 1 fully saturated rings. The summed E-state index contributed by atoms with van der Waals surface area (Å²) in [6, 6.07) is 5.42. The zero-order chi connectivity index (χ0) is 18.5. The number of carbonyl (C=O) groups is 2. The summed E-state index contributed by atoms with van der Waals surface area (Å²) in [5.74, 6) is 0.587. The first-order chi connectivity index (χ1) is 12.6. The highest BCUT2D eigenvalue weighted by Gasteiger charge is 2.27. The minimum atomic E-state index is -0.406. The molecule has 1 aliphatic rings. The monoisotopic (exact) mass is 376 g/mol. The fourth-order valence-corrected chi connectivity index (χ4v) is 3.25. The van der Waals surface area contributed by atoms with E-state index in [2.05, 4.69) is 10.3 Å². The van der Waals surface area contributed by atoms with Crippen molar-refractivity contribution in [2.45, 2.75) is 19.3 Å². The number of rotatable bonds is 7. The first kappa shape index (κ1) is 18.2. The van der Waals surface area contributed by atoms with E-state index in [9.17, 15) is 9.59 Å². The molecule has 1 heterocycles. The summed E-state index contributed by atoms with van der Waals surface area (Å²) in [4.78, 5) is 28.0. The van der Waals surface area contributed by atoms with Gasteiger partial charge in [-0.1, -0.05) is 6.42 Å². The predicted molar refractivity (Wildman–Crippen MR) is 97.6 cm³/mol. The molecule has 26 heavy (non-hydrogen) atoms. The van der Waals surface area contributed by atoms with Crippen molar-refractivity contribution in [1.29, 1.82) is 0 Å². The Morgan fingerprint density at radius 3 is 2.73 bits per heavy atom. The molecule has 1 amide bonds. The Kier molecular flexibility index (Phi) is 5.72. The summed E-state index contributed by atoms with van der Waals surface area (Å²) in [6.45, 7) is -0.299. The average molecular weight is 376 g/mol. The third-order valence-electron chi connectivity index (χ3n) is 4.22. The summed E-state index contributed by atoms with van der Waals surface area (Å²) in [7, 11) is 3.17. The SMILES string of the molecule is COc1ccc(OC)c(-c2csc(NC(=O)COC(=O)C3CCC3)n2)c1. The van der Waals surface area contributed by atoms with Crippen molar-refractivity contribution in [3.8, 4) is 22.8 Å². The standard InChI is InChI=1S/C18H20N2O5S/c1-23-12-6-7-15(24-2)13(8-12)14-10-26-18(19-14)20-16(21)9-25-17(22)11-4-3-5-11/h6-8,10-11H,3-5,9H2,1-2H3,(H,19,20,21). The molecule has 0 atom stereocenters. The minimum Gasteiger partial charge on any atom is -0.497 e. The number of nitrogens with one attached hydrogen (secondary N) is 1. The number of hydrogen-bond acceptors (Lipinski definition) is 7. The number of hydrogen-bond donors (Lipinski definition) is 1. The fraction of sp³-hybridized carbons (Fsp3) is 0.389.